The molecule has 0 aliphatic carbocycles. The standard InChI is InChI=1S/C19H22N6O2/c1-12(2)17-20-18(27-22-17)16-11-25(23-21-16)15-8-9-24(10-15)19(26)14-6-4-13(3)5-7-14/h4-7,11-12,15H,8-10H2,1-3H3. The Morgan fingerprint density at radius 1 is 1.26 bits per heavy atom. The van der Waals surface area contributed by atoms with E-state index in [9.17, 15) is 4.79 Å². The monoisotopic (exact) mass is 366 g/mol. The van der Waals surface area contributed by atoms with E-state index in [-0.39, 0.29) is 17.9 Å². The fourth-order valence-electron chi connectivity index (χ4n) is 3.15. The van der Waals surface area contributed by atoms with Gasteiger partial charge in [0.2, 0.25) is 0 Å². The molecule has 1 saturated heterocycles. The predicted molar refractivity (Wildman–Crippen MR) is 98.1 cm³/mol. The third kappa shape index (κ3) is 3.47. The largest absolute Gasteiger partial charge is 0.336 e. The van der Waals surface area contributed by atoms with Gasteiger partial charge in [-0.2, -0.15) is 4.98 Å². The quantitative estimate of drug-likeness (QED) is 0.705. The van der Waals surface area contributed by atoms with Gasteiger partial charge in [-0.1, -0.05) is 41.9 Å². The van der Waals surface area contributed by atoms with Crippen molar-refractivity contribution in [2.24, 2.45) is 0 Å². The molecule has 0 bridgehead atoms. The average Bonchev–Trinajstić information content (AvgIpc) is 3.40. The van der Waals surface area contributed by atoms with Gasteiger partial charge in [0.05, 0.1) is 12.2 Å². The van der Waals surface area contributed by atoms with Crippen LogP contribution in [0.5, 0.6) is 0 Å². The molecule has 8 nitrogen and oxygen atoms in total. The molecule has 2 aromatic heterocycles. The van der Waals surface area contributed by atoms with E-state index in [0.29, 0.717) is 36.1 Å². The van der Waals surface area contributed by atoms with Crippen LogP contribution >= 0.6 is 0 Å². The molecule has 1 aliphatic heterocycles. The summed E-state index contributed by atoms with van der Waals surface area (Å²) in [6.07, 6.45) is 2.64. The summed E-state index contributed by atoms with van der Waals surface area (Å²) in [7, 11) is 0. The first-order chi connectivity index (χ1) is 13.0. The van der Waals surface area contributed by atoms with E-state index in [1.54, 1.807) is 4.68 Å². The van der Waals surface area contributed by atoms with Crippen LogP contribution < -0.4 is 0 Å². The number of nitrogens with zero attached hydrogens (tertiary/aromatic N) is 6. The summed E-state index contributed by atoms with van der Waals surface area (Å²) < 4.78 is 7.06. The van der Waals surface area contributed by atoms with Gasteiger partial charge >= 0.3 is 0 Å². The summed E-state index contributed by atoms with van der Waals surface area (Å²) >= 11 is 0. The number of aromatic nitrogens is 5. The summed E-state index contributed by atoms with van der Waals surface area (Å²) in [5, 5.41) is 12.3. The molecule has 0 N–H and O–H groups in total. The maximum absolute atomic E-state index is 12.7. The van der Waals surface area contributed by atoms with E-state index in [1.165, 1.54) is 0 Å². The minimum absolute atomic E-state index is 0.0521. The van der Waals surface area contributed by atoms with Crippen molar-refractivity contribution in [2.45, 2.75) is 39.2 Å². The van der Waals surface area contributed by atoms with E-state index in [2.05, 4.69) is 20.5 Å². The Labute approximate surface area is 157 Å². The lowest BCUT2D eigenvalue weighted by Crippen LogP contribution is -2.29. The maximum atomic E-state index is 12.7. The summed E-state index contributed by atoms with van der Waals surface area (Å²) in [5.41, 5.74) is 2.41. The fourth-order valence-corrected chi connectivity index (χ4v) is 3.15. The molecule has 140 valence electrons. The van der Waals surface area contributed by atoms with Gasteiger partial charge in [-0.25, -0.2) is 4.68 Å². The van der Waals surface area contributed by atoms with Crippen LogP contribution in [0.3, 0.4) is 0 Å². The summed E-state index contributed by atoms with van der Waals surface area (Å²) in [4.78, 5) is 18.9. The molecule has 3 aromatic rings. The number of carbonyl (C=O) groups is 1. The first-order valence-corrected chi connectivity index (χ1v) is 9.13. The van der Waals surface area contributed by atoms with Crippen LogP contribution in [-0.2, 0) is 0 Å². The molecule has 0 spiro atoms. The van der Waals surface area contributed by atoms with Crippen LogP contribution in [0.1, 0.15) is 54.0 Å². The number of benzene rings is 1. The zero-order valence-corrected chi connectivity index (χ0v) is 15.7. The van der Waals surface area contributed by atoms with E-state index in [0.717, 1.165) is 12.0 Å². The molecule has 0 radical (unpaired) electrons. The van der Waals surface area contributed by atoms with Gasteiger partial charge in [0.15, 0.2) is 11.5 Å². The minimum atomic E-state index is 0.0521. The number of aryl methyl sites for hydroxylation is 1. The van der Waals surface area contributed by atoms with Crippen molar-refractivity contribution in [1.29, 1.82) is 0 Å². The average molecular weight is 366 g/mol. The third-order valence-electron chi connectivity index (χ3n) is 4.81. The first-order valence-electron chi connectivity index (χ1n) is 9.13. The molecule has 1 unspecified atom stereocenters. The first kappa shape index (κ1) is 17.4. The van der Waals surface area contributed by atoms with Crippen LogP contribution in [0, 0.1) is 6.92 Å². The smallest absolute Gasteiger partial charge is 0.280 e. The van der Waals surface area contributed by atoms with Gasteiger partial charge in [0, 0.05) is 24.6 Å². The van der Waals surface area contributed by atoms with Gasteiger partial charge in [-0.05, 0) is 25.5 Å². The van der Waals surface area contributed by atoms with E-state index >= 15 is 0 Å². The number of carbonyl (C=O) groups excluding carboxylic acids is 1. The molecule has 1 aromatic carbocycles. The number of hydrogen-bond donors (Lipinski definition) is 0. The molecule has 27 heavy (non-hydrogen) atoms. The molecular weight excluding hydrogens is 344 g/mol. The van der Waals surface area contributed by atoms with Gasteiger partial charge in [-0.3, -0.25) is 4.79 Å². The Kier molecular flexibility index (Phi) is 4.47. The molecule has 1 amide bonds. The lowest BCUT2D eigenvalue weighted by molar-refractivity contribution is 0.0787. The van der Waals surface area contributed by atoms with E-state index < -0.39 is 0 Å². The summed E-state index contributed by atoms with van der Waals surface area (Å²) in [5.74, 6) is 1.26. The maximum Gasteiger partial charge on any atom is 0.280 e. The minimum Gasteiger partial charge on any atom is -0.336 e. The second kappa shape index (κ2) is 6.94. The lowest BCUT2D eigenvalue weighted by atomic mass is 10.1. The lowest BCUT2D eigenvalue weighted by Gasteiger charge is -2.16. The zero-order valence-electron chi connectivity index (χ0n) is 15.7. The molecule has 1 aliphatic rings. The van der Waals surface area contributed by atoms with Gasteiger partial charge in [-0.15, -0.1) is 5.10 Å². The highest BCUT2D eigenvalue weighted by Gasteiger charge is 2.29. The normalized spacial score (nSPS) is 17.0. The fraction of sp³-hybridized carbons (Fsp3) is 0.421. The van der Waals surface area contributed by atoms with Crippen LogP contribution in [0.15, 0.2) is 35.0 Å². The summed E-state index contributed by atoms with van der Waals surface area (Å²) in [6, 6.07) is 7.76. The zero-order chi connectivity index (χ0) is 19.0. The van der Waals surface area contributed by atoms with E-state index in [1.807, 2.05) is 56.1 Å². The van der Waals surface area contributed by atoms with Crippen molar-refractivity contribution in [1.82, 2.24) is 30.0 Å². The second-order valence-corrected chi connectivity index (χ2v) is 7.26. The molecule has 1 fully saturated rings. The highest BCUT2D eigenvalue weighted by molar-refractivity contribution is 5.94. The number of rotatable bonds is 4. The van der Waals surface area contributed by atoms with Crippen molar-refractivity contribution in [3.63, 3.8) is 0 Å². The Morgan fingerprint density at radius 3 is 2.74 bits per heavy atom. The molecule has 1 atom stereocenters. The summed E-state index contributed by atoms with van der Waals surface area (Å²) in [6.45, 7) is 7.32. The number of hydrogen-bond acceptors (Lipinski definition) is 6. The van der Waals surface area contributed by atoms with Crippen molar-refractivity contribution in [2.75, 3.05) is 13.1 Å². The Morgan fingerprint density at radius 2 is 2.04 bits per heavy atom. The van der Waals surface area contributed by atoms with Gasteiger partial charge < -0.3 is 9.42 Å². The van der Waals surface area contributed by atoms with Gasteiger partial charge in [0.25, 0.3) is 11.8 Å². The Hall–Kier alpha value is -3.03. The van der Waals surface area contributed by atoms with E-state index in [4.69, 9.17) is 4.52 Å². The Bertz CT molecular complexity index is 943. The van der Waals surface area contributed by atoms with Crippen molar-refractivity contribution in [3.05, 3.63) is 47.4 Å². The second-order valence-electron chi connectivity index (χ2n) is 7.26. The third-order valence-corrected chi connectivity index (χ3v) is 4.81. The number of likely N-dealkylation sites (tertiary alicyclic amines) is 1. The molecule has 8 heteroatoms. The molecule has 4 rings (SSSR count). The van der Waals surface area contributed by atoms with Crippen molar-refractivity contribution in [3.8, 4) is 11.6 Å². The number of amides is 1. The Balaban J connectivity index is 1.45. The topological polar surface area (TPSA) is 89.9 Å². The molecular formula is C19H22N6O2. The van der Waals surface area contributed by atoms with Crippen molar-refractivity contribution >= 4 is 5.91 Å². The molecule has 3 heterocycles. The van der Waals surface area contributed by atoms with Gasteiger partial charge in [0.1, 0.15) is 0 Å². The van der Waals surface area contributed by atoms with Crippen LogP contribution in [-0.4, -0.2) is 49.0 Å². The highest BCUT2D eigenvalue weighted by Crippen LogP contribution is 2.25. The molecule has 0 saturated carbocycles. The van der Waals surface area contributed by atoms with Crippen LogP contribution in [0.25, 0.3) is 11.6 Å². The van der Waals surface area contributed by atoms with Crippen LogP contribution in [0.2, 0.25) is 0 Å². The predicted octanol–water partition coefficient (Wildman–Crippen LogP) is 2.85. The van der Waals surface area contributed by atoms with Crippen molar-refractivity contribution < 1.29 is 9.32 Å². The van der Waals surface area contributed by atoms with Crippen LogP contribution in [0.4, 0.5) is 0 Å². The highest BCUT2D eigenvalue weighted by atomic mass is 16.5. The SMILES string of the molecule is Cc1ccc(C(=O)N2CCC(n3cc(-c4nc(C(C)C)no4)nn3)C2)cc1.